The van der Waals surface area contributed by atoms with Gasteiger partial charge in [-0.05, 0) is 20.9 Å². The number of likely N-dealkylation sites (N-methyl/N-ethyl adjacent to an activating group) is 1. The fourth-order valence-corrected chi connectivity index (χ4v) is 2.48. The summed E-state index contributed by atoms with van der Waals surface area (Å²) >= 11 is 0. The average molecular weight is 252 g/mol. The van der Waals surface area contributed by atoms with Gasteiger partial charge < -0.3 is 10.6 Å². The molecule has 102 valence electrons. The van der Waals surface area contributed by atoms with Gasteiger partial charge in [-0.1, -0.05) is 0 Å². The minimum Gasteiger partial charge on any atom is -0.329 e. The molecule has 1 aromatic heterocycles. The van der Waals surface area contributed by atoms with Crippen LogP contribution in [0, 0.1) is 0 Å². The molecule has 1 aliphatic rings. The van der Waals surface area contributed by atoms with E-state index in [0.717, 1.165) is 32.0 Å². The maximum atomic E-state index is 5.87. The standard InChI is InChI=1S/C12H24N6/c1-10(2)18-12(14-9-15-18)8-17-5-4-16(3)7-11(17)6-13/h9-11H,4-8,13H2,1-3H3. The molecule has 1 saturated heterocycles. The highest BCUT2D eigenvalue weighted by atomic mass is 15.4. The molecular weight excluding hydrogens is 228 g/mol. The number of piperazine rings is 1. The van der Waals surface area contributed by atoms with E-state index in [0.29, 0.717) is 18.6 Å². The van der Waals surface area contributed by atoms with E-state index >= 15 is 0 Å². The van der Waals surface area contributed by atoms with Gasteiger partial charge in [-0.15, -0.1) is 0 Å². The molecule has 0 amide bonds. The summed E-state index contributed by atoms with van der Waals surface area (Å²) in [5.74, 6) is 1.04. The van der Waals surface area contributed by atoms with Crippen molar-refractivity contribution in [1.29, 1.82) is 0 Å². The Kier molecular flexibility index (Phi) is 4.31. The first-order chi connectivity index (χ1) is 8.61. The van der Waals surface area contributed by atoms with Gasteiger partial charge in [0.25, 0.3) is 0 Å². The van der Waals surface area contributed by atoms with Crippen LogP contribution in [0.5, 0.6) is 0 Å². The molecule has 2 N–H and O–H groups in total. The van der Waals surface area contributed by atoms with Crippen molar-refractivity contribution in [3.63, 3.8) is 0 Å². The van der Waals surface area contributed by atoms with Gasteiger partial charge in [-0.2, -0.15) is 5.10 Å². The van der Waals surface area contributed by atoms with Gasteiger partial charge in [-0.3, -0.25) is 4.90 Å². The molecular formula is C12H24N6. The monoisotopic (exact) mass is 252 g/mol. The van der Waals surface area contributed by atoms with E-state index < -0.39 is 0 Å². The zero-order chi connectivity index (χ0) is 13.1. The minimum atomic E-state index is 0.353. The fourth-order valence-electron chi connectivity index (χ4n) is 2.48. The lowest BCUT2D eigenvalue weighted by Gasteiger charge is -2.39. The molecule has 1 fully saturated rings. The summed E-state index contributed by atoms with van der Waals surface area (Å²) in [5.41, 5.74) is 5.87. The second kappa shape index (κ2) is 5.77. The number of hydrogen-bond acceptors (Lipinski definition) is 5. The second-order valence-electron chi connectivity index (χ2n) is 5.34. The van der Waals surface area contributed by atoms with Crippen LogP contribution < -0.4 is 5.73 Å². The summed E-state index contributed by atoms with van der Waals surface area (Å²) in [6, 6.07) is 0.771. The van der Waals surface area contributed by atoms with E-state index in [1.165, 1.54) is 0 Å². The van der Waals surface area contributed by atoms with E-state index in [1.807, 2.05) is 4.68 Å². The van der Waals surface area contributed by atoms with Crippen molar-refractivity contribution in [1.82, 2.24) is 24.6 Å². The van der Waals surface area contributed by atoms with Gasteiger partial charge in [0, 0.05) is 38.3 Å². The summed E-state index contributed by atoms with van der Waals surface area (Å²) in [6.45, 7) is 8.96. The molecule has 0 aliphatic carbocycles. The van der Waals surface area contributed by atoms with Gasteiger partial charge in [0.2, 0.25) is 0 Å². The Morgan fingerprint density at radius 3 is 2.89 bits per heavy atom. The van der Waals surface area contributed by atoms with Gasteiger partial charge in [0.1, 0.15) is 12.2 Å². The van der Waals surface area contributed by atoms with Gasteiger partial charge in [0.15, 0.2) is 0 Å². The van der Waals surface area contributed by atoms with Crippen molar-refractivity contribution in [2.24, 2.45) is 5.73 Å². The molecule has 1 aliphatic heterocycles. The summed E-state index contributed by atoms with van der Waals surface area (Å²) in [7, 11) is 2.15. The first-order valence-electron chi connectivity index (χ1n) is 6.63. The van der Waals surface area contributed by atoms with E-state index in [9.17, 15) is 0 Å². The number of hydrogen-bond donors (Lipinski definition) is 1. The first-order valence-corrected chi connectivity index (χ1v) is 6.63. The highest BCUT2D eigenvalue weighted by molar-refractivity contribution is 4.91. The molecule has 2 heterocycles. The van der Waals surface area contributed by atoms with Crippen LogP contribution in [-0.2, 0) is 6.54 Å². The Labute approximate surface area is 109 Å². The summed E-state index contributed by atoms with van der Waals surface area (Å²) in [6.07, 6.45) is 1.64. The Morgan fingerprint density at radius 2 is 2.22 bits per heavy atom. The van der Waals surface area contributed by atoms with Gasteiger partial charge in [0.05, 0.1) is 6.54 Å². The lowest BCUT2D eigenvalue weighted by Crippen LogP contribution is -2.54. The third-order valence-corrected chi connectivity index (χ3v) is 3.56. The fraction of sp³-hybridized carbons (Fsp3) is 0.833. The summed E-state index contributed by atoms with van der Waals surface area (Å²) < 4.78 is 1.99. The van der Waals surface area contributed by atoms with Crippen LogP contribution in [0.15, 0.2) is 6.33 Å². The number of nitrogens with two attached hydrogens (primary N) is 1. The molecule has 6 heteroatoms. The zero-order valence-electron chi connectivity index (χ0n) is 11.6. The quantitative estimate of drug-likeness (QED) is 0.813. The highest BCUT2D eigenvalue weighted by Gasteiger charge is 2.25. The second-order valence-corrected chi connectivity index (χ2v) is 5.34. The molecule has 0 radical (unpaired) electrons. The van der Waals surface area contributed by atoms with Crippen molar-refractivity contribution in [3.8, 4) is 0 Å². The summed E-state index contributed by atoms with van der Waals surface area (Å²) in [5, 5.41) is 4.28. The minimum absolute atomic E-state index is 0.353. The molecule has 0 saturated carbocycles. The zero-order valence-corrected chi connectivity index (χ0v) is 11.6. The Bertz CT molecular complexity index is 374. The Hall–Kier alpha value is -0.980. The third-order valence-electron chi connectivity index (χ3n) is 3.56. The average Bonchev–Trinajstić information content (AvgIpc) is 2.79. The van der Waals surface area contributed by atoms with Crippen LogP contribution in [0.1, 0.15) is 25.7 Å². The van der Waals surface area contributed by atoms with Crippen LogP contribution in [0.4, 0.5) is 0 Å². The van der Waals surface area contributed by atoms with Crippen molar-refractivity contribution < 1.29 is 0 Å². The SMILES string of the molecule is CC(C)n1ncnc1CN1CCN(C)CC1CN. The van der Waals surface area contributed by atoms with E-state index in [4.69, 9.17) is 5.73 Å². The van der Waals surface area contributed by atoms with Crippen LogP contribution in [-0.4, -0.2) is 63.8 Å². The van der Waals surface area contributed by atoms with Crippen LogP contribution in [0.2, 0.25) is 0 Å². The largest absolute Gasteiger partial charge is 0.329 e. The molecule has 0 aromatic carbocycles. The number of nitrogens with zero attached hydrogens (tertiary/aromatic N) is 5. The Morgan fingerprint density at radius 1 is 1.44 bits per heavy atom. The first kappa shape index (κ1) is 13.5. The number of rotatable bonds is 4. The van der Waals surface area contributed by atoms with Crippen LogP contribution in [0.3, 0.4) is 0 Å². The lowest BCUT2D eigenvalue weighted by molar-refractivity contribution is 0.0841. The molecule has 1 unspecified atom stereocenters. The number of aromatic nitrogens is 3. The molecule has 2 rings (SSSR count). The van der Waals surface area contributed by atoms with Crippen molar-refractivity contribution >= 4 is 0 Å². The molecule has 6 nitrogen and oxygen atoms in total. The van der Waals surface area contributed by atoms with E-state index in [1.54, 1.807) is 6.33 Å². The predicted molar refractivity (Wildman–Crippen MR) is 71.2 cm³/mol. The van der Waals surface area contributed by atoms with Crippen molar-refractivity contribution in [2.75, 3.05) is 33.2 Å². The topological polar surface area (TPSA) is 63.2 Å². The summed E-state index contributed by atoms with van der Waals surface area (Å²) in [4.78, 5) is 9.13. The molecule has 1 atom stereocenters. The molecule has 0 bridgehead atoms. The molecule has 1 aromatic rings. The maximum absolute atomic E-state index is 5.87. The van der Waals surface area contributed by atoms with Gasteiger partial charge in [-0.25, -0.2) is 9.67 Å². The van der Waals surface area contributed by atoms with Crippen molar-refractivity contribution in [3.05, 3.63) is 12.2 Å². The van der Waals surface area contributed by atoms with Crippen LogP contribution >= 0.6 is 0 Å². The van der Waals surface area contributed by atoms with E-state index in [-0.39, 0.29) is 0 Å². The van der Waals surface area contributed by atoms with E-state index in [2.05, 4.69) is 40.8 Å². The van der Waals surface area contributed by atoms with Crippen molar-refractivity contribution in [2.45, 2.75) is 32.5 Å². The normalized spacial score (nSPS) is 22.8. The smallest absolute Gasteiger partial charge is 0.141 e. The van der Waals surface area contributed by atoms with Crippen LogP contribution in [0.25, 0.3) is 0 Å². The third kappa shape index (κ3) is 2.88. The maximum Gasteiger partial charge on any atom is 0.141 e. The molecule has 18 heavy (non-hydrogen) atoms. The van der Waals surface area contributed by atoms with Gasteiger partial charge >= 0.3 is 0 Å². The molecule has 0 spiro atoms. The predicted octanol–water partition coefficient (Wildman–Crippen LogP) is -0.0663. The Balaban J connectivity index is 2.05. The lowest BCUT2D eigenvalue weighted by atomic mass is 10.1. The highest BCUT2D eigenvalue weighted by Crippen LogP contribution is 2.13.